The van der Waals surface area contributed by atoms with Crippen LogP contribution in [0.5, 0.6) is 5.75 Å². The van der Waals surface area contributed by atoms with Crippen LogP contribution < -0.4 is 16.0 Å². The predicted molar refractivity (Wildman–Crippen MR) is 158 cm³/mol. The summed E-state index contributed by atoms with van der Waals surface area (Å²) in [6.45, 7) is 6.76. The molecule has 3 aromatic carbocycles. The van der Waals surface area contributed by atoms with Crippen molar-refractivity contribution in [2.75, 3.05) is 6.61 Å². The number of aryl methyl sites for hydroxylation is 2. The molecule has 218 valence electrons. The average molecular weight is 569 g/mol. The Balaban J connectivity index is 1.39. The van der Waals surface area contributed by atoms with Crippen LogP contribution in [0.3, 0.4) is 0 Å². The Kier molecular flexibility index (Phi) is 7.86. The van der Waals surface area contributed by atoms with Gasteiger partial charge in [-0.05, 0) is 37.1 Å². The Labute approximate surface area is 244 Å². The van der Waals surface area contributed by atoms with Crippen LogP contribution in [0.2, 0.25) is 0 Å². The lowest BCUT2D eigenvalue weighted by molar-refractivity contribution is -0.211. The Morgan fingerprint density at radius 1 is 0.857 bits per heavy atom. The van der Waals surface area contributed by atoms with Gasteiger partial charge in [-0.15, -0.1) is 0 Å². The van der Waals surface area contributed by atoms with Crippen LogP contribution in [0.15, 0.2) is 101 Å². The molecule has 1 N–H and O–H groups in total. The van der Waals surface area contributed by atoms with Crippen molar-refractivity contribution in [1.82, 2.24) is 9.55 Å². The molecule has 1 aliphatic carbocycles. The first-order valence-electron chi connectivity index (χ1n) is 14.4. The number of aromatic nitrogens is 2. The molecule has 2 bridgehead atoms. The zero-order chi connectivity index (χ0) is 29.3. The van der Waals surface area contributed by atoms with E-state index < -0.39 is 35.3 Å². The van der Waals surface area contributed by atoms with E-state index in [0.29, 0.717) is 18.8 Å². The van der Waals surface area contributed by atoms with Gasteiger partial charge in [0.1, 0.15) is 24.2 Å². The number of hydrogen-bond acceptors (Lipinski definition) is 6. The van der Waals surface area contributed by atoms with Crippen molar-refractivity contribution in [3.63, 3.8) is 0 Å². The Morgan fingerprint density at radius 3 is 2.17 bits per heavy atom. The van der Waals surface area contributed by atoms with Crippen LogP contribution in [0.4, 0.5) is 0 Å². The highest BCUT2D eigenvalue weighted by Gasteiger charge is 2.71. The largest absolute Gasteiger partial charge is 0.487 e. The van der Waals surface area contributed by atoms with Gasteiger partial charge in [0.25, 0.3) is 5.56 Å². The molecule has 1 saturated heterocycles. The summed E-state index contributed by atoms with van der Waals surface area (Å²) < 4.78 is 28.2. The number of benzene rings is 3. The zero-order valence-electron chi connectivity index (χ0n) is 24.1. The number of nitrogens with zero attached hydrogens (tertiary/aromatic N) is 1. The molecule has 8 nitrogen and oxygen atoms in total. The molecule has 1 aliphatic heterocycles. The highest BCUT2D eigenvalue weighted by Crippen LogP contribution is 2.58. The lowest BCUT2D eigenvalue weighted by Gasteiger charge is -2.41. The Bertz CT molecular complexity index is 1620. The first-order valence-corrected chi connectivity index (χ1v) is 14.4. The van der Waals surface area contributed by atoms with Crippen molar-refractivity contribution in [1.29, 1.82) is 0 Å². The molecule has 6 atom stereocenters. The van der Waals surface area contributed by atoms with E-state index >= 15 is 0 Å². The minimum Gasteiger partial charge on any atom is -0.487 e. The highest BCUT2D eigenvalue weighted by molar-refractivity contribution is 5.29. The number of rotatable bonds is 10. The van der Waals surface area contributed by atoms with E-state index in [1.807, 2.05) is 91.9 Å². The first kappa shape index (κ1) is 28.2. The molecule has 0 spiro atoms. The van der Waals surface area contributed by atoms with Crippen molar-refractivity contribution in [2.24, 2.45) is 11.8 Å². The van der Waals surface area contributed by atoms with E-state index in [1.54, 1.807) is 13.1 Å². The summed E-state index contributed by atoms with van der Waals surface area (Å²) in [5.74, 6) is 0.393. The molecule has 0 amide bonds. The first-order chi connectivity index (χ1) is 20.4. The summed E-state index contributed by atoms with van der Waals surface area (Å²) in [5.41, 5.74) is 1.67. The monoisotopic (exact) mass is 568 g/mol. The normalized spacial score (nSPS) is 26.4. The summed E-state index contributed by atoms with van der Waals surface area (Å²) in [5, 5.41) is 0. The standard InChI is InChI=1S/C34H36N2O6/c1-22-14-16-27(17-15-22)41-29-24(3)28-30(40-20-26-12-8-5-9-13-26)34(29,21-39-19-25-10-6-4-7-11-25)42-32(28)36-18-23(2)31(37)35-33(36)38/h4-18,24,28-30,32H,19-21H2,1-3H3,(H,35,37,38)/t24-,28+,29-,30-,32+,34-/m0/s1. The SMILES string of the molecule is Cc1ccc(O[C@H]2[C@@H](C)[C@H]3[C@H](n4cc(C)c(=O)[nH]c4=O)O[C@]2(COCc2ccccc2)[C@H]3OCc2ccccc2)cc1. The number of hydrogen-bond donors (Lipinski definition) is 1. The molecular weight excluding hydrogens is 532 g/mol. The molecule has 1 saturated carbocycles. The third-order valence-corrected chi connectivity index (χ3v) is 8.48. The van der Waals surface area contributed by atoms with Gasteiger partial charge in [-0.1, -0.05) is 85.3 Å². The second-order valence-electron chi connectivity index (χ2n) is 11.4. The summed E-state index contributed by atoms with van der Waals surface area (Å²) in [4.78, 5) is 27.7. The van der Waals surface area contributed by atoms with Gasteiger partial charge in [-0.25, -0.2) is 4.79 Å². The van der Waals surface area contributed by atoms with E-state index in [4.69, 9.17) is 18.9 Å². The fraction of sp³-hybridized carbons (Fsp3) is 0.353. The molecule has 6 rings (SSSR count). The zero-order valence-corrected chi connectivity index (χ0v) is 24.1. The van der Waals surface area contributed by atoms with Gasteiger partial charge < -0.3 is 18.9 Å². The van der Waals surface area contributed by atoms with Gasteiger partial charge >= 0.3 is 5.69 Å². The second-order valence-corrected chi connectivity index (χ2v) is 11.4. The number of aromatic amines is 1. The Morgan fingerprint density at radius 2 is 1.50 bits per heavy atom. The maximum absolute atomic E-state index is 13.1. The Hall–Kier alpha value is -3.98. The van der Waals surface area contributed by atoms with Crippen molar-refractivity contribution < 1.29 is 18.9 Å². The van der Waals surface area contributed by atoms with Crippen molar-refractivity contribution in [2.45, 2.75) is 58.0 Å². The van der Waals surface area contributed by atoms with Crippen molar-refractivity contribution in [3.05, 3.63) is 134 Å². The van der Waals surface area contributed by atoms with Crippen LogP contribution in [-0.4, -0.2) is 34.0 Å². The molecule has 4 aromatic rings. The fourth-order valence-corrected chi connectivity index (χ4v) is 6.36. The summed E-state index contributed by atoms with van der Waals surface area (Å²) in [6, 6.07) is 27.9. The number of nitrogens with one attached hydrogen (secondary N) is 1. The molecule has 0 radical (unpaired) electrons. The summed E-state index contributed by atoms with van der Waals surface area (Å²) in [6.07, 6.45) is 0.0182. The summed E-state index contributed by atoms with van der Waals surface area (Å²) in [7, 11) is 0. The van der Waals surface area contributed by atoms with E-state index in [2.05, 4.69) is 11.9 Å². The van der Waals surface area contributed by atoms with E-state index in [-0.39, 0.29) is 18.4 Å². The van der Waals surface area contributed by atoms with Gasteiger partial charge in [0, 0.05) is 23.6 Å². The van der Waals surface area contributed by atoms with Gasteiger partial charge in [0.2, 0.25) is 0 Å². The maximum atomic E-state index is 13.1. The molecule has 42 heavy (non-hydrogen) atoms. The molecule has 2 heterocycles. The van der Waals surface area contributed by atoms with Crippen LogP contribution in [-0.2, 0) is 27.4 Å². The second kappa shape index (κ2) is 11.7. The van der Waals surface area contributed by atoms with E-state index in [9.17, 15) is 9.59 Å². The minimum absolute atomic E-state index is 0.0784. The van der Waals surface area contributed by atoms with E-state index in [0.717, 1.165) is 22.4 Å². The number of H-pyrrole nitrogens is 1. The molecule has 1 aromatic heterocycles. The smallest absolute Gasteiger partial charge is 0.330 e. The van der Waals surface area contributed by atoms with Gasteiger partial charge in [-0.2, -0.15) is 0 Å². The van der Waals surface area contributed by atoms with Crippen LogP contribution >= 0.6 is 0 Å². The molecule has 2 aliphatic rings. The lowest BCUT2D eigenvalue weighted by Crippen LogP contribution is -2.56. The summed E-state index contributed by atoms with van der Waals surface area (Å²) >= 11 is 0. The molecule has 0 unspecified atom stereocenters. The van der Waals surface area contributed by atoms with E-state index in [1.165, 1.54) is 4.57 Å². The van der Waals surface area contributed by atoms with Gasteiger partial charge in [0.05, 0.1) is 19.8 Å². The number of fused-ring (bicyclic) bond motifs is 2. The molecule has 8 heteroatoms. The lowest BCUT2D eigenvalue weighted by atomic mass is 9.92. The van der Waals surface area contributed by atoms with Crippen LogP contribution in [0, 0.1) is 25.7 Å². The van der Waals surface area contributed by atoms with Gasteiger partial charge in [-0.3, -0.25) is 14.3 Å². The highest BCUT2D eigenvalue weighted by atomic mass is 16.6. The van der Waals surface area contributed by atoms with Gasteiger partial charge in [0.15, 0.2) is 5.60 Å². The minimum atomic E-state index is -1.04. The average Bonchev–Trinajstić information content (AvgIpc) is 3.42. The number of ether oxygens (including phenoxy) is 4. The topological polar surface area (TPSA) is 91.8 Å². The van der Waals surface area contributed by atoms with Crippen LogP contribution in [0.25, 0.3) is 0 Å². The quantitative estimate of drug-likeness (QED) is 0.292. The van der Waals surface area contributed by atoms with Crippen LogP contribution in [0.1, 0.15) is 35.4 Å². The molecule has 2 fully saturated rings. The fourth-order valence-electron chi connectivity index (χ4n) is 6.36. The maximum Gasteiger partial charge on any atom is 0.330 e. The third kappa shape index (κ3) is 5.33. The van der Waals surface area contributed by atoms with Crippen molar-refractivity contribution in [3.8, 4) is 5.75 Å². The van der Waals surface area contributed by atoms with Crippen molar-refractivity contribution >= 4 is 0 Å². The molecular formula is C34H36N2O6. The predicted octanol–water partition coefficient (Wildman–Crippen LogP) is 4.94. The third-order valence-electron chi connectivity index (χ3n) is 8.48.